The molecule has 5 rings (SSSR count). The standard InChI is InChI=1S/C20H19BrN6O/c21-14-5-6-18-22-15(13-27(18)11-14)12-25-7-9-26(10-8-25)20(28)19-16-3-1-2-4-17(16)23-24-19/h1-6,11,13H,7-10,12H2,(H,23,24). The SMILES string of the molecule is O=C(c1n[nH]c2ccccc12)N1CCN(Cc2cn3cc(Br)ccc3n2)CC1. The summed E-state index contributed by atoms with van der Waals surface area (Å²) < 4.78 is 3.06. The van der Waals surface area contributed by atoms with E-state index in [1.54, 1.807) is 0 Å². The number of H-pyrrole nitrogens is 1. The quantitative estimate of drug-likeness (QED) is 0.533. The van der Waals surface area contributed by atoms with Crippen LogP contribution in [0, 0.1) is 0 Å². The second-order valence-corrected chi connectivity index (χ2v) is 7.95. The van der Waals surface area contributed by atoms with Gasteiger partial charge < -0.3 is 9.30 Å². The molecule has 1 aliphatic heterocycles. The molecule has 1 N–H and O–H groups in total. The third-order valence-corrected chi connectivity index (χ3v) is 5.65. The van der Waals surface area contributed by atoms with E-state index in [9.17, 15) is 4.79 Å². The lowest BCUT2D eigenvalue weighted by Crippen LogP contribution is -2.48. The fourth-order valence-corrected chi connectivity index (χ4v) is 4.06. The zero-order valence-electron chi connectivity index (χ0n) is 15.2. The van der Waals surface area contributed by atoms with Crippen molar-refractivity contribution in [3.8, 4) is 0 Å². The summed E-state index contributed by atoms with van der Waals surface area (Å²) in [4.78, 5) is 21.8. The smallest absolute Gasteiger partial charge is 0.275 e. The lowest BCUT2D eigenvalue weighted by Gasteiger charge is -2.34. The van der Waals surface area contributed by atoms with Crippen molar-refractivity contribution in [3.63, 3.8) is 0 Å². The number of pyridine rings is 1. The summed E-state index contributed by atoms with van der Waals surface area (Å²) in [5.74, 6) is -0.00493. The average molecular weight is 439 g/mol. The molecule has 0 radical (unpaired) electrons. The van der Waals surface area contributed by atoms with Crippen molar-refractivity contribution < 1.29 is 4.79 Å². The van der Waals surface area contributed by atoms with E-state index >= 15 is 0 Å². The van der Waals surface area contributed by atoms with Crippen LogP contribution in [-0.2, 0) is 6.54 Å². The van der Waals surface area contributed by atoms with Crippen molar-refractivity contribution in [1.29, 1.82) is 0 Å². The van der Waals surface area contributed by atoms with E-state index in [0.29, 0.717) is 18.8 Å². The Balaban J connectivity index is 1.25. The predicted octanol–water partition coefficient (Wildman–Crippen LogP) is 2.93. The van der Waals surface area contributed by atoms with E-state index < -0.39 is 0 Å². The molecule has 0 aliphatic carbocycles. The van der Waals surface area contributed by atoms with E-state index in [1.165, 1.54) is 0 Å². The molecule has 8 heteroatoms. The highest BCUT2D eigenvalue weighted by atomic mass is 79.9. The molecule has 142 valence electrons. The van der Waals surface area contributed by atoms with Crippen LogP contribution in [-0.4, -0.2) is 61.5 Å². The van der Waals surface area contributed by atoms with Crippen molar-refractivity contribution in [1.82, 2.24) is 29.4 Å². The van der Waals surface area contributed by atoms with Gasteiger partial charge in [-0.3, -0.25) is 14.8 Å². The predicted molar refractivity (Wildman–Crippen MR) is 110 cm³/mol. The number of carbonyl (C=O) groups is 1. The molecular formula is C20H19BrN6O. The second-order valence-electron chi connectivity index (χ2n) is 7.03. The van der Waals surface area contributed by atoms with Crippen LogP contribution in [0.15, 0.2) is 53.3 Å². The van der Waals surface area contributed by atoms with Gasteiger partial charge in [0.2, 0.25) is 0 Å². The summed E-state index contributed by atoms with van der Waals surface area (Å²) in [6.07, 6.45) is 4.07. The lowest BCUT2D eigenvalue weighted by atomic mass is 10.2. The number of rotatable bonds is 3. The maximum Gasteiger partial charge on any atom is 0.275 e. The lowest BCUT2D eigenvalue weighted by molar-refractivity contribution is 0.0623. The molecule has 1 aliphatic rings. The Labute approximate surface area is 170 Å². The number of aromatic nitrogens is 4. The number of nitrogens with one attached hydrogen (secondary N) is 1. The maximum absolute atomic E-state index is 12.9. The number of benzene rings is 1. The number of para-hydroxylation sites is 1. The van der Waals surface area contributed by atoms with Crippen LogP contribution in [0.3, 0.4) is 0 Å². The molecule has 7 nitrogen and oxygen atoms in total. The van der Waals surface area contributed by atoms with Gasteiger partial charge in [-0.05, 0) is 34.1 Å². The minimum atomic E-state index is -0.00493. The summed E-state index contributed by atoms with van der Waals surface area (Å²) in [7, 11) is 0. The Morgan fingerprint density at radius 1 is 1.07 bits per heavy atom. The number of carbonyl (C=O) groups excluding carboxylic acids is 1. The molecule has 0 bridgehead atoms. The van der Waals surface area contributed by atoms with Crippen LogP contribution >= 0.6 is 15.9 Å². The Morgan fingerprint density at radius 3 is 2.75 bits per heavy atom. The third kappa shape index (κ3) is 3.18. The van der Waals surface area contributed by atoms with Gasteiger partial charge in [0, 0.05) is 55.0 Å². The zero-order valence-corrected chi connectivity index (χ0v) is 16.8. The minimum Gasteiger partial charge on any atom is -0.335 e. The molecule has 1 aromatic carbocycles. The van der Waals surface area contributed by atoms with E-state index in [1.807, 2.05) is 51.9 Å². The number of amides is 1. The Kier molecular flexibility index (Phi) is 4.37. The molecule has 3 aromatic heterocycles. The van der Waals surface area contributed by atoms with E-state index in [-0.39, 0.29) is 5.91 Å². The van der Waals surface area contributed by atoms with Crippen LogP contribution in [0.2, 0.25) is 0 Å². The molecule has 0 spiro atoms. The Morgan fingerprint density at radius 2 is 1.89 bits per heavy atom. The largest absolute Gasteiger partial charge is 0.335 e. The Bertz CT molecular complexity index is 1160. The van der Waals surface area contributed by atoms with Gasteiger partial charge in [0.05, 0.1) is 11.2 Å². The van der Waals surface area contributed by atoms with Gasteiger partial charge in [0.15, 0.2) is 5.69 Å². The first-order valence-corrected chi connectivity index (χ1v) is 10.0. The first-order valence-electron chi connectivity index (χ1n) is 9.25. The highest BCUT2D eigenvalue weighted by Gasteiger charge is 2.25. The van der Waals surface area contributed by atoms with E-state index in [2.05, 4.69) is 42.2 Å². The number of fused-ring (bicyclic) bond motifs is 2. The number of halogens is 1. The summed E-state index contributed by atoms with van der Waals surface area (Å²) in [6.45, 7) is 3.82. The monoisotopic (exact) mass is 438 g/mol. The number of nitrogens with zero attached hydrogens (tertiary/aromatic N) is 5. The highest BCUT2D eigenvalue weighted by Crippen LogP contribution is 2.18. The Hall–Kier alpha value is -2.71. The van der Waals surface area contributed by atoms with Crippen LogP contribution < -0.4 is 0 Å². The van der Waals surface area contributed by atoms with E-state index in [4.69, 9.17) is 0 Å². The van der Waals surface area contributed by atoms with Gasteiger partial charge in [0.25, 0.3) is 5.91 Å². The summed E-state index contributed by atoms with van der Waals surface area (Å²) in [6, 6.07) is 11.7. The average Bonchev–Trinajstić information content (AvgIpc) is 3.31. The van der Waals surface area contributed by atoms with Gasteiger partial charge in [-0.25, -0.2) is 4.98 Å². The van der Waals surface area contributed by atoms with E-state index in [0.717, 1.165) is 46.4 Å². The fraction of sp³-hybridized carbons (Fsp3) is 0.250. The van der Waals surface area contributed by atoms with Crippen molar-refractivity contribution >= 4 is 38.4 Å². The first kappa shape index (κ1) is 17.4. The molecule has 1 saturated heterocycles. The highest BCUT2D eigenvalue weighted by molar-refractivity contribution is 9.10. The van der Waals surface area contributed by atoms with Crippen LogP contribution in [0.5, 0.6) is 0 Å². The summed E-state index contributed by atoms with van der Waals surface area (Å²) in [5, 5.41) is 8.07. The first-order chi connectivity index (χ1) is 13.7. The molecule has 0 unspecified atom stereocenters. The van der Waals surface area contributed by atoms with Crippen molar-refractivity contribution in [2.75, 3.05) is 26.2 Å². The van der Waals surface area contributed by atoms with Gasteiger partial charge in [-0.2, -0.15) is 5.10 Å². The fourth-order valence-electron chi connectivity index (χ4n) is 3.71. The second kappa shape index (κ2) is 7.03. The van der Waals surface area contributed by atoms with Crippen molar-refractivity contribution in [3.05, 3.63) is 64.7 Å². The molecule has 4 heterocycles. The van der Waals surface area contributed by atoms with Gasteiger partial charge in [-0.15, -0.1) is 0 Å². The molecular weight excluding hydrogens is 420 g/mol. The number of hydrogen-bond donors (Lipinski definition) is 1. The van der Waals surface area contributed by atoms with Gasteiger partial charge in [0.1, 0.15) is 5.65 Å². The van der Waals surface area contributed by atoms with Crippen molar-refractivity contribution in [2.45, 2.75) is 6.54 Å². The number of piperazine rings is 1. The van der Waals surface area contributed by atoms with Gasteiger partial charge in [-0.1, -0.05) is 18.2 Å². The zero-order chi connectivity index (χ0) is 19.1. The summed E-state index contributed by atoms with van der Waals surface area (Å²) in [5.41, 5.74) is 3.38. The normalized spacial score (nSPS) is 15.5. The number of imidazole rings is 1. The number of hydrogen-bond acceptors (Lipinski definition) is 4. The third-order valence-electron chi connectivity index (χ3n) is 5.18. The molecule has 28 heavy (non-hydrogen) atoms. The maximum atomic E-state index is 12.9. The number of aromatic amines is 1. The van der Waals surface area contributed by atoms with Crippen LogP contribution in [0.1, 0.15) is 16.2 Å². The molecule has 0 atom stereocenters. The minimum absolute atomic E-state index is 0.00493. The van der Waals surface area contributed by atoms with Gasteiger partial charge >= 0.3 is 0 Å². The molecule has 1 fully saturated rings. The molecule has 0 saturated carbocycles. The molecule has 1 amide bonds. The summed E-state index contributed by atoms with van der Waals surface area (Å²) >= 11 is 3.49. The molecule has 4 aromatic rings. The van der Waals surface area contributed by atoms with Crippen LogP contribution in [0.4, 0.5) is 0 Å². The van der Waals surface area contributed by atoms with Crippen LogP contribution in [0.25, 0.3) is 16.6 Å². The van der Waals surface area contributed by atoms with Crippen molar-refractivity contribution in [2.24, 2.45) is 0 Å². The topological polar surface area (TPSA) is 69.5 Å².